The van der Waals surface area contributed by atoms with Crippen molar-refractivity contribution >= 4 is 17.6 Å². The Bertz CT molecular complexity index is 438. The summed E-state index contributed by atoms with van der Waals surface area (Å²) in [5.74, 6) is 0.439. The molecule has 104 valence electrons. The fourth-order valence-electron chi connectivity index (χ4n) is 1.37. The topological polar surface area (TPSA) is 41.1 Å². The first-order valence-electron chi connectivity index (χ1n) is 6.44. The number of hydrogen-bond acceptors (Lipinski definition) is 1. The molecule has 0 aliphatic rings. The molecule has 0 saturated heterocycles. The molecule has 0 saturated carbocycles. The summed E-state index contributed by atoms with van der Waals surface area (Å²) >= 11 is 5.81. The Hall–Kier alpha value is -1.48. The molecule has 0 aromatic heterocycles. The molecule has 0 heterocycles. The van der Waals surface area contributed by atoms with Crippen LogP contribution in [0.1, 0.15) is 26.3 Å². The molecule has 1 aromatic rings. The van der Waals surface area contributed by atoms with Crippen molar-refractivity contribution in [1.29, 1.82) is 0 Å². The second kappa shape index (κ2) is 7.85. The van der Waals surface area contributed by atoms with Crippen LogP contribution in [0.2, 0.25) is 5.02 Å². The van der Waals surface area contributed by atoms with Gasteiger partial charge in [0.1, 0.15) is 0 Å². The van der Waals surface area contributed by atoms with E-state index in [0.717, 1.165) is 22.6 Å². The van der Waals surface area contributed by atoms with Gasteiger partial charge in [0, 0.05) is 17.8 Å². The molecule has 0 atom stereocenters. The van der Waals surface area contributed by atoms with E-state index < -0.39 is 0 Å². The number of hydrogen-bond donors (Lipinski definition) is 2. The first-order valence-corrected chi connectivity index (χ1v) is 6.82. The minimum atomic E-state index is -0.172. The number of carbonyl (C=O) groups excluding carboxylic acids is 1. The molecule has 1 rings (SSSR count). The summed E-state index contributed by atoms with van der Waals surface area (Å²) in [7, 11) is 0. The third kappa shape index (κ3) is 6.30. The second-order valence-corrected chi connectivity index (χ2v) is 5.26. The number of urea groups is 1. The van der Waals surface area contributed by atoms with Gasteiger partial charge < -0.3 is 10.6 Å². The van der Waals surface area contributed by atoms with Gasteiger partial charge in [-0.05, 0) is 37.0 Å². The van der Waals surface area contributed by atoms with Crippen LogP contribution in [-0.2, 0) is 6.42 Å². The van der Waals surface area contributed by atoms with Crippen molar-refractivity contribution in [3.05, 3.63) is 46.6 Å². The first kappa shape index (κ1) is 15.6. The zero-order valence-corrected chi connectivity index (χ0v) is 12.4. The fraction of sp³-hybridized carbons (Fsp3) is 0.400. The maximum Gasteiger partial charge on any atom is 0.318 e. The molecule has 19 heavy (non-hydrogen) atoms. The molecular formula is C15H21ClN2O. The zero-order chi connectivity index (χ0) is 14.3. The number of halogens is 1. The Morgan fingerprint density at radius 3 is 2.53 bits per heavy atom. The van der Waals surface area contributed by atoms with Crippen molar-refractivity contribution in [1.82, 2.24) is 10.6 Å². The SMILES string of the molecule is C/C(=C\NC(=O)NCCc1ccc(Cl)cc1)C(C)C. The predicted octanol–water partition coefficient (Wildman–Crippen LogP) is 3.74. The number of benzene rings is 1. The van der Waals surface area contributed by atoms with Crippen molar-refractivity contribution < 1.29 is 4.79 Å². The van der Waals surface area contributed by atoms with E-state index in [4.69, 9.17) is 11.6 Å². The van der Waals surface area contributed by atoms with E-state index in [1.54, 1.807) is 6.20 Å². The van der Waals surface area contributed by atoms with Crippen LogP contribution in [0.3, 0.4) is 0 Å². The number of nitrogens with one attached hydrogen (secondary N) is 2. The summed E-state index contributed by atoms with van der Waals surface area (Å²) in [5, 5.41) is 6.26. The van der Waals surface area contributed by atoms with E-state index in [-0.39, 0.29) is 6.03 Å². The molecule has 0 aliphatic carbocycles. The van der Waals surface area contributed by atoms with Gasteiger partial charge in [-0.3, -0.25) is 0 Å². The van der Waals surface area contributed by atoms with Crippen LogP contribution < -0.4 is 10.6 Å². The van der Waals surface area contributed by atoms with Crippen molar-refractivity contribution in [3.8, 4) is 0 Å². The average Bonchev–Trinajstić information content (AvgIpc) is 2.38. The van der Waals surface area contributed by atoms with Crippen LogP contribution in [0.25, 0.3) is 0 Å². The highest BCUT2D eigenvalue weighted by Gasteiger charge is 2.00. The molecule has 0 aliphatic heterocycles. The predicted molar refractivity (Wildman–Crippen MR) is 80.3 cm³/mol. The van der Waals surface area contributed by atoms with Crippen LogP contribution >= 0.6 is 11.6 Å². The Kier molecular flexibility index (Phi) is 6.43. The highest BCUT2D eigenvalue weighted by molar-refractivity contribution is 6.30. The van der Waals surface area contributed by atoms with Gasteiger partial charge in [0.2, 0.25) is 0 Å². The summed E-state index contributed by atoms with van der Waals surface area (Å²) in [6, 6.07) is 7.46. The molecule has 2 amide bonds. The Labute approximate surface area is 120 Å². The average molecular weight is 281 g/mol. The van der Waals surface area contributed by atoms with E-state index >= 15 is 0 Å². The molecule has 1 aromatic carbocycles. The number of carbonyl (C=O) groups is 1. The van der Waals surface area contributed by atoms with Crippen molar-refractivity contribution in [2.24, 2.45) is 5.92 Å². The smallest absolute Gasteiger partial charge is 0.318 e. The summed E-state index contributed by atoms with van der Waals surface area (Å²) in [5.41, 5.74) is 2.30. The van der Waals surface area contributed by atoms with Gasteiger partial charge in [0.05, 0.1) is 0 Å². The van der Waals surface area contributed by atoms with E-state index in [2.05, 4.69) is 24.5 Å². The monoisotopic (exact) mass is 280 g/mol. The van der Waals surface area contributed by atoms with Crippen molar-refractivity contribution in [2.45, 2.75) is 27.2 Å². The van der Waals surface area contributed by atoms with Gasteiger partial charge in [0.25, 0.3) is 0 Å². The van der Waals surface area contributed by atoms with E-state index in [9.17, 15) is 4.79 Å². The van der Waals surface area contributed by atoms with Crippen LogP contribution in [0.5, 0.6) is 0 Å². The molecule has 2 N–H and O–H groups in total. The van der Waals surface area contributed by atoms with Gasteiger partial charge in [-0.15, -0.1) is 0 Å². The molecule has 0 radical (unpaired) electrons. The summed E-state index contributed by atoms with van der Waals surface area (Å²) < 4.78 is 0. The second-order valence-electron chi connectivity index (χ2n) is 4.82. The Morgan fingerprint density at radius 1 is 1.32 bits per heavy atom. The maximum absolute atomic E-state index is 11.5. The van der Waals surface area contributed by atoms with Crippen LogP contribution in [0.4, 0.5) is 4.79 Å². The van der Waals surface area contributed by atoms with E-state index in [1.807, 2.05) is 31.2 Å². The summed E-state index contributed by atoms with van der Waals surface area (Å²) in [6.07, 6.45) is 2.54. The largest absolute Gasteiger partial charge is 0.338 e. The van der Waals surface area contributed by atoms with E-state index in [1.165, 1.54) is 0 Å². The van der Waals surface area contributed by atoms with Gasteiger partial charge in [0.15, 0.2) is 0 Å². The molecule has 0 bridgehead atoms. The van der Waals surface area contributed by atoms with Gasteiger partial charge in [-0.25, -0.2) is 4.79 Å². The van der Waals surface area contributed by atoms with Gasteiger partial charge in [-0.2, -0.15) is 0 Å². The lowest BCUT2D eigenvalue weighted by Gasteiger charge is -2.08. The number of allylic oxidation sites excluding steroid dienone is 1. The third-order valence-corrected chi connectivity index (χ3v) is 3.21. The van der Waals surface area contributed by atoms with Crippen molar-refractivity contribution in [2.75, 3.05) is 6.54 Å². The third-order valence-electron chi connectivity index (χ3n) is 2.95. The van der Waals surface area contributed by atoms with Crippen molar-refractivity contribution in [3.63, 3.8) is 0 Å². The normalized spacial score (nSPS) is 11.5. The molecular weight excluding hydrogens is 260 g/mol. The quantitative estimate of drug-likeness (QED) is 0.847. The van der Waals surface area contributed by atoms with Crippen LogP contribution in [0, 0.1) is 5.92 Å². The molecule has 0 fully saturated rings. The fourth-order valence-corrected chi connectivity index (χ4v) is 1.49. The van der Waals surface area contributed by atoms with E-state index in [0.29, 0.717) is 12.5 Å². The summed E-state index contributed by atoms with van der Waals surface area (Å²) in [6.45, 7) is 6.78. The molecule has 3 nitrogen and oxygen atoms in total. The van der Waals surface area contributed by atoms with Crippen LogP contribution in [-0.4, -0.2) is 12.6 Å². The minimum absolute atomic E-state index is 0.172. The zero-order valence-electron chi connectivity index (χ0n) is 11.7. The molecule has 4 heteroatoms. The maximum atomic E-state index is 11.5. The molecule has 0 spiro atoms. The van der Waals surface area contributed by atoms with Crippen LogP contribution in [0.15, 0.2) is 36.0 Å². The number of amides is 2. The highest BCUT2D eigenvalue weighted by Crippen LogP contribution is 2.09. The highest BCUT2D eigenvalue weighted by atomic mass is 35.5. The summed E-state index contributed by atoms with van der Waals surface area (Å²) in [4.78, 5) is 11.5. The first-order chi connectivity index (χ1) is 8.99. The number of rotatable bonds is 5. The standard InChI is InChI=1S/C15H21ClN2O/c1-11(2)12(3)10-18-15(19)17-9-8-13-4-6-14(16)7-5-13/h4-7,10-11H,8-9H2,1-3H3,(H2,17,18,19)/b12-10+. The lowest BCUT2D eigenvalue weighted by atomic mass is 10.1. The van der Waals surface area contributed by atoms with Gasteiger partial charge in [-0.1, -0.05) is 43.2 Å². The molecule has 0 unspecified atom stereocenters. The van der Waals surface area contributed by atoms with Gasteiger partial charge >= 0.3 is 6.03 Å². The Morgan fingerprint density at radius 2 is 1.95 bits per heavy atom. The lowest BCUT2D eigenvalue weighted by Crippen LogP contribution is -2.33. The Balaban J connectivity index is 2.27. The lowest BCUT2D eigenvalue weighted by molar-refractivity contribution is 0.244. The minimum Gasteiger partial charge on any atom is -0.338 e.